The summed E-state index contributed by atoms with van der Waals surface area (Å²) in [6, 6.07) is 11.6. The normalized spacial score (nSPS) is 15.5. The molecule has 22 heavy (non-hydrogen) atoms. The van der Waals surface area contributed by atoms with Gasteiger partial charge in [0.05, 0.1) is 23.2 Å². The van der Waals surface area contributed by atoms with Crippen LogP contribution in [0.2, 0.25) is 0 Å². The van der Waals surface area contributed by atoms with Gasteiger partial charge in [0.25, 0.3) is 0 Å². The molecule has 4 rings (SSSR count). The number of benzene rings is 1. The van der Waals surface area contributed by atoms with E-state index >= 15 is 0 Å². The average molecular weight is 293 g/mol. The number of H-pyrrole nitrogens is 1. The molecule has 0 spiro atoms. The number of aromatic amines is 1. The number of nitrogens with zero attached hydrogens (tertiary/aromatic N) is 2. The van der Waals surface area contributed by atoms with Crippen molar-refractivity contribution >= 4 is 23.0 Å². The Bertz CT molecular complexity index is 794. The summed E-state index contributed by atoms with van der Waals surface area (Å²) in [5, 5.41) is 0. The predicted octanol–water partition coefficient (Wildman–Crippen LogP) is 2.80. The van der Waals surface area contributed by atoms with E-state index in [1.54, 1.807) is 29.4 Å². The van der Waals surface area contributed by atoms with Gasteiger partial charge < -0.3 is 14.3 Å². The largest absolute Gasteiger partial charge is 0.465 e. The van der Waals surface area contributed by atoms with Crippen molar-refractivity contribution in [2.24, 2.45) is 0 Å². The number of likely N-dealkylation sites (tertiary alicyclic amines) is 1. The van der Waals surface area contributed by atoms with E-state index in [-0.39, 0.29) is 11.8 Å². The van der Waals surface area contributed by atoms with Gasteiger partial charge in [0, 0.05) is 19.2 Å². The van der Waals surface area contributed by atoms with E-state index in [9.17, 15) is 4.79 Å². The van der Waals surface area contributed by atoms with Crippen LogP contribution in [0.3, 0.4) is 0 Å². The van der Waals surface area contributed by atoms with Crippen LogP contribution in [0.4, 0.5) is 0 Å². The van der Waals surface area contributed by atoms with Crippen LogP contribution in [0.15, 0.2) is 53.2 Å². The molecule has 1 amide bonds. The maximum absolute atomic E-state index is 12.0. The number of hydrogen-bond donors (Lipinski definition) is 1. The molecule has 5 nitrogen and oxygen atoms in total. The summed E-state index contributed by atoms with van der Waals surface area (Å²) < 4.78 is 5.17. The lowest BCUT2D eigenvalue weighted by atomic mass is 9.99. The number of amides is 1. The van der Waals surface area contributed by atoms with E-state index in [4.69, 9.17) is 4.42 Å². The van der Waals surface area contributed by atoms with Crippen molar-refractivity contribution in [1.82, 2.24) is 14.9 Å². The molecule has 2 aromatic heterocycles. The summed E-state index contributed by atoms with van der Waals surface area (Å²) in [6.07, 6.45) is 4.83. The number of aromatic nitrogens is 2. The molecule has 1 aliphatic heterocycles. The smallest absolute Gasteiger partial charge is 0.246 e. The maximum Gasteiger partial charge on any atom is 0.246 e. The van der Waals surface area contributed by atoms with Gasteiger partial charge >= 0.3 is 0 Å². The van der Waals surface area contributed by atoms with E-state index in [1.165, 1.54) is 0 Å². The summed E-state index contributed by atoms with van der Waals surface area (Å²) >= 11 is 0. The number of rotatable bonds is 3. The summed E-state index contributed by atoms with van der Waals surface area (Å²) in [5.74, 6) is 1.93. The quantitative estimate of drug-likeness (QED) is 0.755. The first-order valence-electron chi connectivity index (χ1n) is 7.25. The molecule has 0 bridgehead atoms. The monoisotopic (exact) mass is 293 g/mol. The predicted molar refractivity (Wildman–Crippen MR) is 83.2 cm³/mol. The van der Waals surface area contributed by atoms with E-state index in [0.29, 0.717) is 18.8 Å². The first kappa shape index (κ1) is 12.9. The maximum atomic E-state index is 12.0. The van der Waals surface area contributed by atoms with Gasteiger partial charge in [0.15, 0.2) is 0 Å². The van der Waals surface area contributed by atoms with Crippen molar-refractivity contribution in [3.05, 3.63) is 60.3 Å². The molecule has 1 N–H and O–H groups in total. The molecule has 3 aromatic rings. The molecular weight excluding hydrogens is 278 g/mol. The van der Waals surface area contributed by atoms with E-state index < -0.39 is 0 Å². The summed E-state index contributed by atoms with van der Waals surface area (Å²) in [4.78, 5) is 21.8. The Morgan fingerprint density at radius 3 is 2.91 bits per heavy atom. The first-order valence-corrected chi connectivity index (χ1v) is 7.25. The molecule has 0 radical (unpaired) electrons. The summed E-state index contributed by atoms with van der Waals surface area (Å²) in [7, 11) is 0. The fraction of sp³-hybridized carbons (Fsp3) is 0.176. The summed E-state index contributed by atoms with van der Waals surface area (Å²) in [6.45, 7) is 1.39. The van der Waals surface area contributed by atoms with E-state index in [0.717, 1.165) is 16.9 Å². The number of para-hydroxylation sites is 2. The Labute approximate surface area is 127 Å². The number of carbonyl (C=O) groups excluding carboxylic acids is 1. The third-order valence-electron chi connectivity index (χ3n) is 3.92. The highest BCUT2D eigenvalue weighted by Gasteiger charge is 2.32. The Hall–Kier alpha value is -2.82. The molecule has 1 saturated heterocycles. The van der Waals surface area contributed by atoms with Gasteiger partial charge in [-0.25, -0.2) is 4.98 Å². The summed E-state index contributed by atoms with van der Waals surface area (Å²) in [5.41, 5.74) is 2.01. The topological polar surface area (TPSA) is 62.1 Å². The van der Waals surface area contributed by atoms with E-state index in [2.05, 4.69) is 9.97 Å². The van der Waals surface area contributed by atoms with Crippen molar-refractivity contribution in [3.63, 3.8) is 0 Å². The Kier molecular flexibility index (Phi) is 3.04. The molecule has 1 aliphatic rings. The zero-order valence-corrected chi connectivity index (χ0v) is 11.9. The minimum Gasteiger partial charge on any atom is -0.465 e. The number of imidazole rings is 1. The molecule has 5 heteroatoms. The number of carbonyl (C=O) groups is 1. The second kappa shape index (κ2) is 5.18. The second-order valence-corrected chi connectivity index (χ2v) is 5.43. The number of furan rings is 1. The van der Waals surface area contributed by atoms with Gasteiger partial charge in [0.1, 0.15) is 11.6 Å². The third kappa shape index (κ3) is 2.30. The molecule has 0 unspecified atom stereocenters. The van der Waals surface area contributed by atoms with Gasteiger partial charge in [0.2, 0.25) is 5.91 Å². The van der Waals surface area contributed by atoms with Crippen molar-refractivity contribution in [3.8, 4) is 0 Å². The van der Waals surface area contributed by atoms with Crippen LogP contribution in [0.1, 0.15) is 17.5 Å². The molecule has 3 heterocycles. The molecule has 0 aliphatic carbocycles. The van der Waals surface area contributed by atoms with Crippen LogP contribution in [0, 0.1) is 0 Å². The molecule has 1 fully saturated rings. The van der Waals surface area contributed by atoms with E-state index in [1.807, 2.05) is 30.3 Å². The minimum absolute atomic E-state index is 0.00348. The molecule has 0 atom stereocenters. The Morgan fingerprint density at radius 2 is 2.14 bits per heavy atom. The second-order valence-electron chi connectivity index (χ2n) is 5.43. The Morgan fingerprint density at radius 1 is 1.27 bits per heavy atom. The lowest BCUT2D eigenvalue weighted by Crippen LogP contribution is -2.48. The minimum atomic E-state index is 0.00348. The van der Waals surface area contributed by atoms with Crippen molar-refractivity contribution in [2.75, 3.05) is 13.1 Å². The van der Waals surface area contributed by atoms with Gasteiger partial charge in [-0.2, -0.15) is 0 Å². The molecular formula is C17H15N3O2. The van der Waals surface area contributed by atoms with Crippen LogP contribution in [0.5, 0.6) is 0 Å². The third-order valence-corrected chi connectivity index (χ3v) is 3.92. The molecule has 110 valence electrons. The van der Waals surface area contributed by atoms with Crippen LogP contribution >= 0.6 is 0 Å². The SMILES string of the molecule is O=C(/C=C/c1ccco1)N1CC(c2nc3ccccc3[nH]2)C1. The first-order chi connectivity index (χ1) is 10.8. The van der Waals surface area contributed by atoms with Gasteiger partial charge in [-0.15, -0.1) is 0 Å². The zero-order valence-electron chi connectivity index (χ0n) is 11.9. The van der Waals surface area contributed by atoms with Crippen molar-refractivity contribution < 1.29 is 9.21 Å². The van der Waals surface area contributed by atoms with Crippen molar-refractivity contribution in [2.45, 2.75) is 5.92 Å². The average Bonchev–Trinajstić information content (AvgIpc) is 3.12. The van der Waals surface area contributed by atoms with Gasteiger partial charge in [-0.1, -0.05) is 12.1 Å². The highest BCUT2D eigenvalue weighted by Crippen LogP contribution is 2.26. The Balaban J connectivity index is 1.40. The van der Waals surface area contributed by atoms with Gasteiger partial charge in [-0.3, -0.25) is 4.79 Å². The standard InChI is InChI=1S/C17H15N3O2/c21-16(8-7-13-4-3-9-22-13)20-10-12(11-20)17-18-14-5-1-2-6-15(14)19-17/h1-9,12H,10-11H2,(H,18,19)/b8-7+. The van der Waals surface area contributed by atoms with Crippen molar-refractivity contribution in [1.29, 1.82) is 0 Å². The fourth-order valence-corrected chi connectivity index (χ4v) is 2.64. The molecule has 0 saturated carbocycles. The lowest BCUT2D eigenvalue weighted by molar-refractivity contribution is -0.130. The fourth-order valence-electron chi connectivity index (χ4n) is 2.64. The van der Waals surface area contributed by atoms with Gasteiger partial charge in [-0.05, 0) is 30.3 Å². The molecule has 1 aromatic carbocycles. The van der Waals surface area contributed by atoms with Crippen LogP contribution in [-0.4, -0.2) is 33.9 Å². The highest BCUT2D eigenvalue weighted by molar-refractivity contribution is 5.92. The van der Waals surface area contributed by atoms with Crippen LogP contribution < -0.4 is 0 Å². The lowest BCUT2D eigenvalue weighted by Gasteiger charge is -2.37. The number of hydrogen-bond acceptors (Lipinski definition) is 3. The zero-order chi connectivity index (χ0) is 14.9. The van der Waals surface area contributed by atoms with Crippen LogP contribution in [-0.2, 0) is 4.79 Å². The van der Waals surface area contributed by atoms with Crippen LogP contribution in [0.25, 0.3) is 17.1 Å². The highest BCUT2D eigenvalue weighted by atomic mass is 16.3. The number of nitrogens with one attached hydrogen (secondary N) is 1. The number of fused-ring (bicyclic) bond motifs is 1.